The molecule has 1 aromatic carbocycles. The number of rotatable bonds is 2. The highest BCUT2D eigenvalue weighted by molar-refractivity contribution is 5.46. The molecule has 2 rings (SSSR count). The van der Waals surface area contributed by atoms with Crippen molar-refractivity contribution in [2.75, 3.05) is 5.73 Å². The van der Waals surface area contributed by atoms with Crippen LogP contribution in [0, 0.1) is 13.8 Å². The summed E-state index contributed by atoms with van der Waals surface area (Å²) in [7, 11) is 0. The summed E-state index contributed by atoms with van der Waals surface area (Å²) in [5.41, 5.74) is 6.69. The van der Waals surface area contributed by atoms with Gasteiger partial charge in [0, 0.05) is 17.9 Å². The molecule has 0 saturated carbocycles. The van der Waals surface area contributed by atoms with E-state index in [1.54, 1.807) is 10.9 Å². The molecule has 2 aromatic rings. The van der Waals surface area contributed by atoms with Gasteiger partial charge in [0.25, 0.3) is 0 Å². The lowest BCUT2D eigenvalue weighted by atomic mass is 10.1. The molecule has 3 nitrogen and oxygen atoms in total. The van der Waals surface area contributed by atoms with Crippen LogP contribution in [0.3, 0.4) is 0 Å². The number of imidazole rings is 1. The van der Waals surface area contributed by atoms with Gasteiger partial charge >= 0.3 is 6.18 Å². The van der Waals surface area contributed by atoms with Gasteiger partial charge in [-0.25, -0.2) is 4.98 Å². The van der Waals surface area contributed by atoms with Gasteiger partial charge in [-0.1, -0.05) is 6.07 Å². The molecule has 0 amide bonds. The number of aryl methyl sites for hydroxylation is 1. The van der Waals surface area contributed by atoms with Gasteiger partial charge in [-0.2, -0.15) is 13.2 Å². The molecule has 1 heterocycles. The van der Waals surface area contributed by atoms with Gasteiger partial charge in [0.1, 0.15) is 0 Å². The molecule has 0 radical (unpaired) electrons. The Morgan fingerprint density at radius 3 is 2.47 bits per heavy atom. The quantitative estimate of drug-likeness (QED) is 0.851. The van der Waals surface area contributed by atoms with Crippen molar-refractivity contribution in [3.05, 3.63) is 47.0 Å². The minimum absolute atomic E-state index is 0.106. The molecule has 2 N–H and O–H groups in total. The zero-order chi connectivity index (χ0) is 14.2. The van der Waals surface area contributed by atoms with Gasteiger partial charge in [0.15, 0.2) is 0 Å². The molecule has 0 aliphatic rings. The molecule has 1 aromatic heterocycles. The van der Waals surface area contributed by atoms with E-state index in [0.29, 0.717) is 0 Å². The van der Waals surface area contributed by atoms with Crippen LogP contribution in [0.2, 0.25) is 0 Å². The predicted octanol–water partition coefficient (Wildman–Crippen LogP) is 3.15. The number of halogens is 3. The molecular formula is C13H14F3N3. The summed E-state index contributed by atoms with van der Waals surface area (Å²) < 4.78 is 40.6. The molecule has 0 saturated heterocycles. The Bertz CT molecular complexity index is 600. The fourth-order valence-corrected chi connectivity index (χ4v) is 1.88. The Morgan fingerprint density at radius 1 is 1.26 bits per heavy atom. The molecule has 102 valence electrons. The van der Waals surface area contributed by atoms with Crippen LogP contribution in [0.1, 0.15) is 22.5 Å². The van der Waals surface area contributed by atoms with Crippen LogP contribution < -0.4 is 5.73 Å². The first-order valence-electron chi connectivity index (χ1n) is 5.73. The van der Waals surface area contributed by atoms with Crippen molar-refractivity contribution in [3.8, 4) is 0 Å². The average molecular weight is 269 g/mol. The lowest BCUT2D eigenvalue weighted by molar-refractivity contribution is -0.138. The standard InChI is InChI=1S/C13H14F3N3/c1-8-9(2)19(7-18-8)6-10-3-4-11(17)5-12(10)13(14,15)16/h3-5,7H,6,17H2,1-2H3. The molecule has 0 bridgehead atoms. The van der Waals surface area contributed by atoms with Gasteiger partial charge in [-0.3, -0.25) is 0 Å². The summed E-state index contributed by atoms with van der Waals surface area (Å²) in [6.45, 7) is 3.77. The monoisotopic (exact) mass is 269 g/mol. The molecule has 0 atom stereocenters. The first-order chi connectivity index (χ1) is 8.79. The first kappa shape index (κ1) is 13.5. The number of nitrogen functional groups attached to an aromatic ring is 1. The Hall–Kier alpha value is -1.98. The minimum atomic E-state index is -4.41. The second kappa shape index (κ2) is 4.60. The highest BCUT2D eigenvalue weighted by Crippen LogP contribution is 2.33. The van der Waals surface area contributed by atoms with Crippen LogP contribution >= 0.6 is 0 Å². The zero-order valence-corrected chi connectivity index (χ0v) is 10.6. The van der Waals surface area contributed by atoms with Gasteiger partial charge < -0.3 is 10.3 Å². The van der Waals surface area contributed by atoms with E-state index in [1.807, 2.05) is 13.8 Å². The molecule has 0 aliphatic heterocycles. The van der Waals surface area contributed by atoms with E-state index in [-0.39, 0.29) is 17.8 Å². The second-order valence-corrected chi connectivity index (χ2v) is 4.46. The lowest BCUT2D eigenvalue weighted by Gasteiger charge is -2.14. The summed E-state index contributed by atoms with van der Waals surface area (Å²) in [6, 6.07) is 3.85. The Kier molecular flexibility index (Phi) is 3.26. The fourth-order valence-electron chi connectivity index (χ4n) is 1.88. The van der Waals surface area contributed by atoms with Crippen LogP contribution in [0.15, 0.2) is 24.5 Å². The van der Waals surface area contributed by atoms with E-state index in [4.69, 9.17) is 5.73 Å². The largest absolute Gasteiger partial charge is 0.416 e. The Labute approximate surface area is 108 Å². The normalized spacial score (nSPS) is 11.8. The summed E-state index contributed by atoms with van der Waals surface area (Å²) in [4.78, 5) is 4.08. The smallest absolute Gasteiger partial charge is 0.399 e. The van der Waals surface area contributed by atoms with Crippen molar-refractivity contribution >= 4 is 5.69 Å². The molecule has 6 heteroatoms. The highest BCUT2D eigenvalue weighted by atomic mass is 19.4. The van der Waals surface area contributed by atoms with Crippen LogP contribution in [0.5, 0.6) is 0 Å². The first-order valence-corrected chi connectivity index (χ1v) is 5.73. The highest BCUT2D eigenvalue weighted by Gasteiger charge is 2.33. The number of nitrogens with two attached hydrogens (primary N) is 1. The van der Waals surface area contributed by atoms with E-state index in [1.165, 1.54) is 12.1 Å². The van der Waals surface area contributed by atoms with Crippen molar-refractivity contribution in [1.82, 2.24) is 9.55 Å². The van der Waals surface area contributed by atoms with Crippen LogP contribution in [-0.2, 0) is 12.7 Å². The summed E-state index contributed by atoms with van der Waals surface area (Å²) in [5.74, 6) is 0. The molecule has 19 heavy (non-hydrogen) atoms. The third-order valence-electron chi connectivity index (χ3n) is 3.13. The third-order valence-corrected chi connectivity index (χ3v) is 3.13. The number of hydrogen-bond donors (Lipinski definition) is 1. The predicted molar refractivity (Wildman–Crippen MR) is 66.7 cm³/mol. The van der Waals surface area contributed by atoms with Crippen molar-refractivity contribution in [2.24, 2.45) is 0 Å². The van der Waals surface area contributed by atoms with Gasteiger partial charge in [0.05, 0.1) is 17.6 Å². The van der Waals surface area contributed by atoms with Gasteiger partial charge in [-0.15, -0.1) is 0 Å². The average Bonchev–Trinajstić information content (AvgIpc) is 2.62. The van der Waals surface area contributed by atoms with Crippen molar-refractivity contribution in [1.29, 1.82) is 0 Å². The lowest BCUT2D eigenvalue weighted by Crippen LogP contribution is -2.12. The number of benzene rings is 1. The molecular weight excluding hydrogens is 255 g/mol. The van der Waals surface area contributed by atoms with Crippen LogP contribution in [0.25, 0.3) is 0 Å². The number of hydrogen-bond acceptors (Lipinski definition) is 2. The summed E-state index contributed by atoms with van der Waals surface area (Å²) in [5, 5.41) is 0. The Balaban J connectivity index is 2.43. The van der Waals surface area contributed by atoms with Gasteiger partial charge in [0.2, 0.25) is 0 Å². The van der Waals surface area contributed by atoms with Gasteiger partial charge in [-0.05, 0) is 31.5 Å². The summed E-state index contributed by atoms with van der Waals surface area (Å²) in [6.07, 6.45) is -2.87. The van der Waals surface area contributed by atoms with Crippen LogP contribution in [-0.4, -0.2) is 9.55 Å². The Morgan fingerprint density at radius 2 is 1.95 bits per heavy atom. The maximum absolute atomic E-state index is 13.0. The minimum Gasteiger partial charge on any atom is -0.399 e. The molecule has 0 fully saturated rings. The van der Waals surface area contributed by atoms with E-state index in [2.05, 4.69) is 4.98 Å². The summed E-state index contributed by atoms with van der Waals surface area (Å²) >= 11 is 0. The van der Waals surface area contributed by atoms with E-state index < -0.39 is 11.7 Å². The SMILES string of the molecule is Cc1ncn(Cc2ccc(N)cc2C(F)(F)F)c1C. The molecule has 0 spiro atoms. The number of anilines is 1. The van der Waals surface area contributed by atoms with E-state index in [9.17, 15) is 13.2 Å². The molecule has 0 aliphatic carbocycles. The maximum atomic E-state index is 13.0. The van der Waals surface area contributed by atoms with Crippen LogP contribution in [0.4, 0.5) is 18.9 Å². The number of aromatic nitrogens is 2. The fraction of sp³-hybridized carbons (Fsp3) is 0.308. The van der Waals surface area contributed by atoms with E-state index >= 15 is 0 Å². The second-order valence-electron chi connectivity index (χ2n) is 4.46. The van der Waals surface area contributed by atoms with E-state index in [0.717, 1.165) is 17.5 Å². The van der Waals surface area contributed by atoms with Crippen molar-refractivity contribution < 1.29 is 13.2 Å². The maximum Gasteiger partial charge on any atom is 0.416 e. The number of alkyl halides is 3. The molecule has 0 unspecified atom stereocenters. The van der Waals surface area contributed by atoms with Crippen molar-refractivity contribution in [3.63, 3.8) is 0 Å². The van der Waals surface area contributed by atoms with Crippen molar-refractivity contribution in [2.45, 2.75) is 26.6 Å². The topological polar surface area (TPSA) is 43.8 Å². The third kappa shape index (κ3) is 2.72. The zero-order valence-electron chi connectivity index (χ0n) is 10.6. The number of nitrogens with zero attached hydrogens (tertiary/aromatic N) is 2.